The Morgan fingerprint density at radius 3 is 2.78 bits per heavy atom. The van der Waals surface area contributed by atoms with E-state index in [0.29, 0.717) is 26.2 Å². The van der Waals surface area contributed by atoms with Gasteiger partial charge in [0.15, 0.2) is 10.6 Å². The van der Waals surface area contributed by atoms with Gasteiger partial charge >= 0.3 is 0 Å². The molecule has 3 heterocycles. The van der Waals surface area contributed by atoms with Crippen LogP contribution in [0.2, 0.25) is 0 Å². The molecule has 0 saturated heterocycles. The fourth-order valence-electron chi connectivity index (χ4n) is 3.10. The second-order valence-corrected chi connectivity index (χ2v) is 7.98. The van der Waals surface area contributed by atoms with Crippen molar-refractivity contribution in [3.05, 3.63) is 55.4 Å². The maximum Gasteiger partial charge on any atom is 0.276 e. The van der Waals surface area contributed by atoms with Crippen LogP contribution in [-0.4, -0.2) is 32.6 Å². The van der Waals surface area contributed by atoms with Crippen molar-refractivity contribution in [1.29, 1.82) is 0 Å². The molecule has 4 aromatic rings. The number of imidazole rings is 1. The van der Waals surface area contributed by atoms with Crippen LogP contribution in [-0.2, 0) is 0 Å². The number of pyridine rings is 1. The van der Waals surface area contributed by atoms with Crippen LogP contribution >= 0.6 is 27.3 Å². The Balaban J connectivity index is 1.84. The highest BCUT2D eigenvalue weighted by atomic mass is 79.9. The molecule has 6 nitrogen and oxygen atoms in total. The molecule has 4 rings (SSSR count). The zero-order valence-corrected chi connectivity index (χ0v) is 17.2. The van der Waals surface area contributed by atoms with E-state index >= 15 is 0 Å². The first kappa shape index (κ1) is 17.9. The van der Waals surface area contributed by atoms with E-state index in [0.717, 1.165) is 23.2 Å². The molecule has 0 saturated carbocycles. The molecule has 0 radical (unpaired) electrons. The number of fused-ring (bicyclic) bond motifs is 3. The molecule has 0 aliphatic carbocycles. The van der Waals surface area contributed by atoms with Gasteiger partial charge < -0.3 is 10.0 Å². The number of benzene rings is 1. The first-order chi connectivity index (χ1) is 13.0. The molecule has 27 heavy (non-hydrogen) atoms. The molecular formula is C19H17BrN4O2S. The summed E-state index contributed by atoms with van der Waals surface area (Å²) >= 11 is 4.65. The van der Waals surface area contributed by atoms with Crippen LogP contribution in [0.4, 0.5) is 5.69 Å². The third kappa shape index (κ3) is 3.08. The van der Waals surface area contributed by atoms with E-state index in [1.807, 2.05) is 18.2 Å². The van der Waals surface area contributed by atoms with Gasteiger partial charge in [0, 0.05) is 41.1 Å². The maximum atomic E-state index is 12.8. The number of phenolic OH excluding ortho intramolecular Hbond substituents is 1. The number of nitrogens with zero attached hydrogens (tertiary/aromatic N) is 4. The molecule has 0 aliphatic rings. The summed E-state index contributed by atoms with van der Waals surface area (Å²) in [7, 11) is 0. The van der Waals surface area contributed by atoms with Crippen molar-refractivity contribution in [3.8, 4) is 5.75 Å². The van der Waals surface area contributed by atoms with Gasteiger partial charge in [-0.05, 0) is 54.1 Å². The van der Waals surface area contributed by atoms with Crippen molar-refractivity contribution in [1.82, 2.24) is 14.4 Å². The molecule has 0 unspecified atom stereocenters. The van der Waals surface area contributed by atoms with Gasteiger partial charge in [-0.1, -0.05) is 11.3 Å². The predicted octanol–water partition coefficient (Wildman–Crippen LogP) is 3.17. The molecule has 0 spiro atoms. The van der Waals surface area contributed by atoms with E-state index in [4.69, 9.17) is 0 Å². The van der Waals surface area contributed by atoms with Gasteiger partial charge in [-0.2, -0.15) is 0 Å². The monoisotopic (exact) mass is 444 g/mol. The summed E-state index contributed by atoms with van der Waals surface area (Å²) in [6, 6.07) is 7.35. The zero-order chi connectivity index (χ0) is 19.1. The third-order valence-electron chi connectivity index (χ3n) is 4.48. The lowest BCUT2D eigenvalue weighted by molar-refractivity contribution is 0.474. The molecule has 3 aromatic heterocycles. The van der Waals surface area contributed by atoms with Crippen LogP contribution in [0, 0.1) is 0 Å². The van der Waals surface area contributed by atoms with Gasteiger partial charge in [0.1, 0.15) is 11.3 Å². The van der Waals surface area contributed by atoms with Crippen molar-refractivity contribution < 1.29 is 5.11 Å². The van der Waals surface area contributed by atoms with Gasteiger partial charge in [0.05, 0.1) is 4.53 Å². The number of anilines is 1. The van der Waals surface area contributed by atoms with Crippen molar-refractivity contribution >= 4 is 55.2 Å². The lowest BCUT2D eigenvalue weighted by Crippen LogP contribution is -2.23. The summed E-state index contributed by atoms with van der Waals surface area (Å²) in [4.78, 5) is 24.4. The summed E-state index contributed by atoms with van der Waals surface area (Å²) in [5.74, 6) is 0.150. The van der Waals surface area contributed by atoms with Gasteiger partial charge in [-0.3, -0.25) is 4.79 Å². The minimum atomic E-state index is -0.181. The summed E-state index contributed by atoms with van der Waals surface area (Å²) < 4.78 is 2.84. The lowest BCUT2D eigenvalue weighted by Gasteiger charge is -2.21. The van der Waals surface area contributed by atoms with Crippen LogP contribution in [0.3, 0.4) is 0 Å². The summed E-state index contributed by atoms with van der Waals surface area (Å²) in [5.41, 5.74) is 2.59. The second-order valence-electron chi connectivity index (χ2n) is 6.06. The topological polar surface area (TPSA) is 70.7 Å². The first-order valence-corrected chi connectivity index (χ1v) is 10.2. The van der Waals surface area contributed by atoms with Crippen LogP contribution in [0.5, 0.6) is 5.75 Å². The maximum absolute atomic E-state index is 12.8. The van der Waals surface area contributed by atoms with E-state index in [1.54, 1.807) is 18.3 Å². The van der Waals surface area contributed by atoms with Gasteiger partial charge in [-0.15, -0.1) is 0 Å². The molecule has 0 bridgehead atoms. The largest absolute Gasteiger partial charge is 0.507 e. The Morgan fingerprint density at radius 2 is 2.07 bits per heavy atom. The molecular weight excluding hydrogens is 428 g/mol. The number of phenols is 1. The number of hydrogen-bond donors (Lipinski definition) is 1. The lowest BCUT2D eigenvalue weighted by atomic mass is 10.1. The summed E-state index contributed by atoms with van der Waals surface area (Å²) in [5, 5.41) is 10.4. The molecule has 1 N–H and O–H groups in total. The molecule has 0 aliphatic heterocycles. The predicted molar refractivity (Wildman–Crippen MR) is 113 cm³/mol. The van der Waals surface area contributed by atoms with Crippen LogP contribution in [0.1, 0.15) is 19.4 Å². The Kier molecular flexibility index (Phi) is 4.61. The van der Waals surface area contributed by atoms with Gasteiger partial charge in [0.2, 0.25) is 0 Å². The second kappa shape index (κ2) is 6.94. The Morgan fingerprint density at radius 1 is 1.30 bits per heavy atom. The minimum Gasteiger partial charge on any atom is -0.507 e. The quantitative estimate of drug-likeness (QED) is 0.523. The molecule has 8 heteroatoms. The highest BCUT2D eigenvalue weighted by molar-refractivity contribution is 9.10. The standard InChI is InChI=1S/C19H17BrN4O2S/c1-3-23(4-2)13-6-5-11(15(25)9-13)7-16-18(26)24-17-14(22-19(24)27-16)8-12(20)10-21-17/h5-10,25H,3-4H2,1-2H3/b16-7-. The Hall–Kier alpha value is -2.45. The average molecular weight is 445 g/mol. The normalized spacial score (nSPS) is 12.3. The Labute approximate surface area is 167 Å². The number of halogens is 1. The molecule has 138 valence electrons. The highest BCUT2D eigenvalue weighted by Crippen LogP contribution is 2.25. The van der Waals surface area contributed by atoms with E-state index in [9.17, 15) is 9.90 Å². The van der Waals surface area contributed by atoms with E-state index in [-0.39, 0.29) is 11.3 Å². The number of aromatic hydroxyl groups is 1. The first-order valence-electron chi connectivity index (χ1n) is 8.58. The zero-order valence-electron chi connectivity index (χ0n) is 14.8. The smallest absolute Gasteiger partial charge is 0.276 e. The Bertz CT molecular complexity index is 1260. The van der Waals surface area contributed by atoms with Gasteiger partial charge in [-0.25, -0.2) is 14.4 Å². The number of thiazole rings is 1. The fraction of sp³-hybridized carbons (Fsp3) is 0.211. The SMILES string of the molecule is CCN(CC)c1ccc(/C=c2\sc3nc4cc(Br)cnc4n3c2=O)c(O)c1. The summed E-state index contributed by atoms with van der Waals surface area (Å²) in [6.07, 6.45) is 3.35. The van der Waals surface area contributed by atoms with E-state index in [2.05, 4.69) is 44.6 Å². The molecule has 1 aromatic carbocycles. The van der Waals surface area contributed by atoms with E-state index in [1.165, 1.54) is 15.7 Å². The molecule has 0 amide bonds. The number of rotatable bonds is 4. The number of hydrogen-bond acceptors (Lipinski definition) is 6. The number of aromatic nitrogens is 3. The van der Waals surface area contributed by atoms with Crippen molar-refractivity contribution in [2.75, 3.05) is 18.0 Å². The van der Waals surface area contributed by atoms with Crippen molar-refractivity contribution in [2.24, 2.45) is 0 Å². The van der Waals surface area contributed by atoms with Crippen LogP contribution in [0.15, 0.2) is 39.7 Å². The fourth-order valence-corrected chi connectivity index (χ4v) is 4.38. The summed E-state index contributed by atoms with van der Waals surface area (Å²) in [6.45, 7) is 5.87. The average Bonchev–Trinajstić information content (AvgIpc) is 3.14. The van der Waals surface area contributed by atoms with Crippen molar-refractivity contribution in [2.45, 2.75) is 13.8 Å². The minimum absolute atomic E-state index is 0.150. The highest BCUT2D eigenvalue weighted by Gasteiger charge is 2.13. The van der Waals surface area contributed by atoms with Crippen LogP contribution in [0.25, 0.3) is 22.2 Å². The van der Waals surface area contributed by atoms with Gasteiger partial charge in [0.25, 0.3) is 5.56 Å². The van der Waals surface area contributed by atoms with Crippen molar-refractivity contribution in [3.63, 3.8) is 0 Å². The molecule has 0 atom stereocenters. The van der Waals surface area contributed by atoms with E-state index < -0.39 is 0 Å². The van der Waals surface area contributed by atoms with Crippen LogP contribution < -0.4 is 15.0 Å². The third-order valence-corrected chi connectivity index (χ3v) is 5.88. The molecule has 0 fully saturated rings.